The highest BCUT2D eigenvalue weighted by Gasteiger charge is 2.43. The highest BCUT2D eigenvalue weighted by molar-refractivity contribution is 5.92. The molecule has 2 fully saturated rings. The van der Waals surface area contributed by atoms with E-state index in [1.807, 2.05) is 41.1 Å². The Hall–Kier alpha value is -3.45. The quantitative estimate of drug-likeness (QED) is 0.519. The summed E-state index contributed by atoms with van der Waals surface area (Å²) in [4.78, 5) is 9.28. The predicted octanol–water partition coefficient (Wildman–Crippen LogP) is 4.06. The number of likely N-dealkylation sites (N-methyl/N-ethyl adjacent to an activating group) is 1. The monoisotopic (exact) mass is 428 g/mol. The van der Waals surface area contributed by atoms with E-state index in [0.29, 0.717) is 18.6 Å². The summed E-state index contributed by atoms with van der Waals surface area (Å²) < 4.78 is 16.1. The van der Waals surface area contributed by atoms with E-state index in [1.54, 1.807) is 12.3 Å². The molecule has 2 unspecified atom stereocenters. The van der Waals surface area contributed by atoms with Crippen molar-refractivity contribution in [2.45, 2.75) is 25.0 Å². The van der Waals surface area contributed by atoms with Crippen molar-refractivity contribution in [1.82, 2.24) is 19.7 Å². The maximum Gasteiger partial charge on any atom is 0.159 e. The molecule has 7 heteroatoms. The molecule has 0 radical (unpaired) electrons. The minimum Gasteiger partial charge on any atom is -0.366 e. The number of rotatable bonds is 5. The molecular formula is C25H25FN6. The lowest BCUT2D eigenvalue weighted by Gasteiger charge is -2.32. The summed E-state index contributed by atoms with van der Waals surface area (Å²) in [6, 6.07) is 20.1. The van der Waals surface area contributed by atoms with Gasteiger partial charge >= 0.3 is 0 Å². The highest BCUT2D eigenvalue weighted by atomic mass is 19.1. The van der Waals surface area contributed by atoms with Crippen LogP contribution in [-0.4, -0.2) is 51.9 Å². The second-order valence-electron chi connectivity index (χ2n) is 8.77. The van der Waals surface area contributed by atoms with E-state index in [1.165, 1.54) is 11.6 Å². The fourth-order valence-corrected chi connectivity index (χ4v) is 5.04. The third kappa shape index (κ3) is 3.29. The molecule has 0 spiro atoms. The number of pyridine rings is 1. The van der Waals surface area contributed by atoms with Crippen LogP contribution in [0.5, 0.6) is 0 Å². The van der Waals surface area contributed by atoms with Crippen LogP contribution < -0.4 is 10.2 Å². The van der Waals surface area contributed by atoms with Gasteiger partial charge in [0.05, 0.1) is 11.2 Å². The summed E-state index contributed by atoms with van der Waals surface area (Å²) in [7, 11) is 2.19. The molecule has 2 aromatic carbocycles. The normalized spacial score (nSPS) is 20.4. The molecule has 4 heterocycles. The number of hydrogen-bond acceptors (Lipinski definition) is 5. The Balaban J connectivity index is 1.36. The van der Waals surface area contributed by atoms with E-state index in [9.17, 15) is 4.39 Å². The lowest BCUT2D eigenvalue weighted by molar-refractivity contribution is 0.292. The summed E-state index contributed by atoms with van der Waals surface area (Å²) in [5.41, 5.74) is 2.82. The first-order chi connectivity index (χ1) is 15.7. The van der Waals surface area contributed by atoms with Crippen molar-refractivity contribution in [3.63, 3.8) is 0 Å². The van der Waals surface area contributed by atoms with Gasteiger partial charge in [-0.25, -0.2) is 14.1 Å². The number of fused-ring (bicyclic) bond motifs is 3. The lowest BCUT2D eigenvalue weighted by atomic mass is 10.2. The van der Waals surface area contributed by atoms with Crippen LogP contribution in [0.15, 0.2) is 66.9 Å². The van der Waals surface area contributed by atoms with Crippen molar-refractivity contribution in [1.29, 1.82) is 0 Å². The number of aromatic nitrogens is 3. The lowest BCUT2D eigenvalue weighted by Crippen LogP contribution is -2.44. The number of likely N-dealkylation sites (tertiary alicyclic amines) is 1. The van der Waals surface area contributed by atoms with Gasteiger partial charge in [0, 0.05) is 55.4 Å². The molecule has 2 bridgehead atoms. The molecule has 2 aliphatic rings. The van der Waals surface area contributed by atoms with Crippen LogP contribution >= 0.6 is 0 Å². The highest BCUT2D eigenvalue weighted by Crippen LogP contribution is 2.37. The third-order valence-electron chi connectivity index (χ3n) is 6.71. The van der Waals surface area contributed by atoms with Gasteiger partial charge in [0.1, 0.15) is 11.6 Å². The standard InChI is InChI=1S/C25H25FN6/c1-30-15-21-12-20(30)16-31(21)25-22-8-7-18(26)11-23(22)32(29-25)19-9-10-27-24(13-19)28-14-17-5-3-2-4-6-17/h2-11,13,20-21H,12,14-16H2,1H3,(H,27,28). The van der Waals surface area contributed by atoms with Crippen LogP contribution in [0, 0.1) is 5.82 Å². The Morgan fingerprint density at radius 1 is 1.03 bits per heavy atom. The predicted molar refractivity (Wildman–Crippen MR) is 125 cm³/mol. The van der Waals surface area contributed by atoms with Crippen molar-refractivity contribution in [2.75, 3.05) is 30.4 Å². The van der Waals surface area contributed by atoms with Crippen molar-refractivity contribution >= 4 is 22.5 Å². The number of piperazine rings is 1. The molecule has 2 aromatic heterocycles. The molecular weight excluding hydrogens is 403 g/mol. The molecule has 2 saturated heterocycles. The van der Waals surface area contributed by atoms with E-state index in [-0.39, 0.29) is 5.82 Å². The Labute approximate surface area is 186 Å². The van der Waals surface area contributed by atoms with Gasteiger partial charge in [-0.1, -0.05) is 30.3 Å². The smallest absolute Gasteiger partial charge is 0.159 e. The molecule has 1 N–H and O–H groups in total. The molecule has 32 heavy (non-hydrogen) atoms. The van der Waals surface area contributed by atoms with Gasteiger partial charge in [0.25, 0.3) is 0 Å². The van der Waals surface area contributed by atoms with Crippen molar-refractivity contribution in [3.8, 4) is 5.69 Å². The fourth-order valence-electron chi connectivity index (χ4n) is 5.04. The number of hydrogen-bond donors (Lipinski definition) is 1. The Kier molecular flexibility index (Phi) is 4.57. The molecule has 2 atom stereocenters. The zero-order valence-corrected chi connectivity index (χ0v) is 17.9. The molecule has 0 amide bonds. The van der Waals surface area contributed by atoms with E-state index >= 15 is 0 Å². The van der Waals surface area contributed by atoms with Crippen molar-refractivity contribution in [2.24, 2.45) is 0 Å². The zero-order valence-electron chi connectivity index (χ0n) is 17.9. The first-order valence-corrected chi connectivity index (χ1v) is 11.0. The first kappa shape index (κ1) is 19.3. The molecule has 162 valence electrons. The summed E-state index contributed by atoms with van der Waals surface area (Å²) in [6.45, 7) is 2.69. The second-order valence-corrected chi connectivity index (χ2v) is 8.77. The largest absolute Gasteiger partial charge is 0.366 e. The molecule has 4 aromatic rings. The van der Waals surface area contributed by atoms with Crippen molar-refractivity contribution < 1.29 is 4.39 Å². The fraction of sp³-hybridized carbons (Fsp3) is 0.280. The van der Waals surface area contributed by atoms with E-state index < -0.39 is 0 Å². The van der Waals surface area contributed by atoms with E-state index in [4.69, 9.17) is 5.10 Å². The zero-order chi connectivity index (χ0) is 21.7. The Morgan fingerprint density at radius 3 is 2.69 bits per heavy atom. The maximum absolute atomic E-state index is 14.2. The number of halogens is 1. The average Bonchev–Trinajstić information content (AvgIpc) is 3.50. The number of anilines is 2. The summed E-state index contributed by atoms with van der Waals surface area (Å²) in [5, 5.41) is 9.35. The van der Waals surface area contributed by atoms with Gasteiger partial charge in [-0.2, -0.15) is 0 Å². The third-order valence-corrected chi connectivity index (χ3v) is 6.71. The Morgan fingerprint density at radius 2 is 1.91 bits per heavy atom. The van der Waals surface area contributed by atoms with Gasteiger partial charge in [0.2, 0.25) is 0 Å². The summed E-state index contributed by atoms with van der Waals surface area (Å²) >= 11 is 0. The van der Waals surface area contributed by atoms with Crippen LogP contribution in [-0.2, 0) is 6.54 Å². The van der Waals surface area contributed by atoms with Crippen LogP contribution in [0.4, 0.5) is 16.0 Å². The molecule has 6 nitrogen and oxygen atoms in total. The van der Waals surface area contributed by atoms with Gasteiger partial charge < -0.3 is 10.2 Å². The molecule has 0 saturated carbocycles. The van der Waals surface area contributed by atoms with Gasteiger partial charge in [-0.3, -0.25) is 4.90 Å². The molecule has 6 rings (SSSR count). The van der Waals surface area contributed by atoms with Gasteiger partial charge in [0.15, 0.2) is 5.82 Å². The minimum atomic E-state index is -0.260. The summed E-state index contributed by atoms with van der Waals surface area (Å²) in [6.07, 6.45) is 2.93. The van der Waals surface area contributed by atoms with Gasteiger partial charge in [-0.15, -0.1) is 5.10 Å². The Bertz CT molecular complexity index is 1270. The second kappa shape index (κ2) is 7.60. The van der Waals surface area contributed by atoms with Crippen LogP contribution in [0.3, 0.4) is 0 Å². The SMILES string of the molecule is CN1CC2CC1CN2c1nn(-c2ccnc(NCc3ccccc3)c2)c2cc(F)ccc12. The van der Waals surface area contributed by atoms with E-state index in [0.717, 1.165) is 47.7 Å². The molecule has 2 aliphatic heterocycles. The number of nitrogens with zero attached hydrogens (tertiary/aromatic N) is 5. The van der Waals surface area contributed by atoms with Crippen LogP contribution in [0.25, 0.3) is 16.6 Å². The molecule has 0 aliphatic carbocycles. The van der Waals surface area contributed by atoms with Crippen LogP contribution in [0.2, 0.25) is 0 Å². The van der Waals surface area contributed by atoms with Crippen LogP contribution in [0.1, 0.15) is 12.0 Å². The number of nitrogens with one attached hydrogen (secondary N) is 1. The maximum atomic E-state index is 14.2. The van der Waals surface area contributed by atoms with Crippen molar-refractivity contribution in [3.05, 3.63) is 78.2 Å². The van der Waals surface area contributed by atoms with Gasteiger partial charge in [-0.05, 0) is 37.2 Å². The van der Waals surface area contributed by atoms with E-state index in [2.05, 4.69) is 39.3 Å². The minimum absolute atomic E-state index is 0.260. The average molecular weight is 429 g/mol. The summed E-state index contributed by atoms with van der Waals surface area (Å²) in [5.74, 6) is 1.44. The topological polar surface area (TPSA) is 49.2 Å². The first-order valence-electron chi connectivity index (χ1n) is 11.0. The number of benzene rings is 2.